The van der Waals surface area contributed by atoms with E-state index in [0.717, 1.165) is 10.2 Å². The molecule has 2 aromatic rings. The Kier molecular flexibility index (Phi) is 4.13. The van der Waals surface area contributed by atoms with Crippen LogP contribution in [0.3, 0.4) is 0 Å². The molecule has 0 heterocycles. The van der Waals surface area contributed by atoms with E-state index >= 15 is 0 Å². The Labute approximate surface area is 123 Å². The lowest BCUT2D eigenvalue weighted by Crippen LogP contribution is -1.94. The fraction of sp³-hybridized carbons (Fsp3) is 0. The van der Waals surface area contributed by atoms with Gasteiger partial charge in [0.1, 0.15) is 6.07 Å². The highest BCUT2D eigenvalue weighted by Gasteiger charge is 2.07. The molecule has 0 aliphatic carbocycles. The van der Waals surface area contributed by atoms with Crippen molar-refractivity contribution in [3.8, 4) is 6.07 Å². The average Bonchev–Trinajstić information content (AvgIpc) is 2.37. The standard InChI is InChI=1S/C13H7BrCl2N2/c14-13-10(16)2-1-3-12(13)18-11-5-4-9(15)6-8(11)7-17/h1-6,18H. The summed E-state index contributed by atoms with van der Waals surface area (Å²) in [4.78, 5) is 0. The first-order valence-electron chi connectivity index (χ1n) is 5.02. The van der Waals surface area contributed by atoms with Gasteiger partial charge in [0, 0.05) is 5.02 Å². The summed E-state index contributed by atoms with van der Waals surface area (Å²) >= 11 is 15.2. The third-order valence-corrected chi connectivity index (χ3v) is 3.96. The van der Waals surface area contributed by atoms with Crippen LogP contribution >= 0.6 is 39.1 Å². The van der Waals surface area contributed by atoms with E-state index in [2.05, 4.69) is 27.3 Å². The quantitative estimate of drug-likeness (QED) is 0.796. The molecule has 0 aliphatic heterocycles. The summed E-state index contributed by atoms with van der Waals surface area (Å²) in [5.74, 6) is 0. The van der Waals surface area contributed by atoms with Crippen molar-refractivity contribution >= 4 is 50.5 Å². The van der Waals surface area contributed by atoms with Crippen molar-refractivity contribution in [2.75, 3.05) is 5.32 Å². The highest BCUT2D eigenvalue weighted by molar-refractivity contribution is 9.10. The minimum absolute atomic E-state index is 0.481. The average molecular weight is 342 g/mol. The van der Waals surface area contributed by atoms with Crippen molar-refractivity contribution in [2.24, 2.45) is 0 Å². The molecule has 2 aromatic carbocycles. The Morgan fingerprint density at radius 3 is 2.61 bits per heavy atom. The van der Waals surface area contributed by atoms with Crippen molar-refractivity contribution in [2.45, 2.75) is 0 Å². The zero-order valence-electron chi connectivity index (χ0n) is 9.05. The minimum Gasteiger partial charge on any atom is -0.353 e. The zero-order valence-corrected chi connectivity index (χ0v) is 12.1. The van der Waals surface area contributed by atoms with Crippen LogP contribution in [0.5, 0.6) is 0 Å². The molecule has 0 atom stereocenters. The summed E-state index contributed by atoms with van der Waals surface area (Å²) in [6.07, 6.45) is 0. The molecule has 1 N–H and O–H groups in total. The second kappa shape index (κ2) is 5.62. The first-order valence-corrected chi connectivity index (χ1v) is 6.57. The smallest absolute Gasteiger partial charge is 0.101 e. The number of rotatable bonds is 2. The van der Waals surface area contributed by atoms with Crippen molar-refractivity contribution < 1.29 is 0 Å². The number of anilines is 2. The molecule has 0 aliphatic rings. The molecule has 0 amide bonds. The Balaban J connectivity index is 2.41. The van der Waals surface area contributed by atoms with Gasteiger partial charge in [0.25, 0.3) is 0 Å². The number of nitrogens with one attached hydrogen (secondary N) is 1. The fourth-order valence-corrected chi connectivity index (χ4v) is 2.17. The predicted molar refractivity (Wildman–Crippen MR) is 78.6 cm³/mol. The summed E-state index contributed by atoms with van der Waals surface area (Å²) in [6, 6.07) is 12.7. The molecule has 0 radical (unpaired) electrons. The molecule has 90 valence electrons. The van der Waals surface area contributed by atoms with Crippen molar-refractivity contribution in [1.29, 1.82) is 5.26 Å². The van der Waals surface area contributed by atoms with Gasteiger partial charge in [-0.3, -0.25) is 0 Å². The monoisotopic (exact) mass is 340 g/mol. The molecule has 0 aromatic heterocycles. The normalized spacial score (nSPS) is 9.89. The predicted octanol–water partition coefficient (Wildman–Crippen LogP) is 5.37. The van der Waals surface area contributed by atoms with Gasteiger partial charge < -0.3 is 5.32 Å². The van der Waals surface area contributed by atoms with Crippen LogP contribution < -0.4 is 5.32 Å². The topological polar surface area (TPSA) is 35.8 Å². The highest BCUT2D eigenvalue weighted by atomic mass is 79.9. The fourth-order valence-electron chi connectivity index (χ4n) is 1.46. The summed E-state index contributed by atoms with van der Waals surface area (Å²) in [5, 5.41) is 13.3. The van der Waals surface area contributed by atoms with Gasteiger partial charge in [0.05, 0.1) is 26.4 Å². The summed E-state index contributed by atoms with van der Waals surface area (Å²) in [6.45, 7) is 0. The first kappa shape index (κ1) is 13.2. The van der Waals surface area contributed by atoms with E-state index in [4.69, 9.17) is 28.5 Å². The van der Waals surface area contributed by atoms with Crippen LogP contribution in [0.1, 0.15) is 5.56 Å². The number of nitrogens with zero attached hydrogens (tertiary/aromatic N) is 1. The summed E-state index contributed by atoms with van der Waals surface area (Å²) < 4.78 is 0.755. The van der Waals surface area contributed by atoms with Crippen LogP contribution in [0, 0.1) is 11.3 Å². The van der Waals surface area contributed by atoms with Crippen LogP contribution in [0.15, 0.2) is 40.9 Å². The SMILES string of the molecule is N#Cc1cc(Cl)ccc1Nc1cccc(Cl)c1Br. The van der Waals surface area contributed by atoms with E-state index < -0.39 is 0 Å². The van der Waals surface area contributed by atoms with Gasteiger partial charge >= 0.3 is 0 Å². The maximum absolute atomic E-state index is 9.06. The van der Waals surface area contributed by atoms with Gasteiger partial charge in [0.15, 0.2) is 0 Å². The lowest BCUT2D eigenvalue weighted by atomic mass is 10.2. The lowest BCUT2D eigenvalue weighted by molar-refractivity contribution is 1.45. The van der Waals surface area contributed by atoms with Crippen LogP contribution in [0.2, 0.25) is 10.0 Å². The maximum atomic E-state index is 9.06. The molecule has 0 unspecified atom stereocenters. The summed E-state index contributed by atoms with van der Waals surface area (Å²) in [5.41, 5.74) is 1.96. The Bertz CT molecular complexity index is 635. The van der Waals surface area contributed by atoms with Crippen LogP contribution in [-0.2, 0) is 0 Å². The van der Waals surface area contributed by atoms with Gasteiger partial charge in [-0.1, -0.05) is 29.3 Å². The van der Waals surface area contributed by atoms with Crippen LogP contribution in [-0.4, -0.2) is 0 Å². The molecule has 0 saturated heterocycles. The van der Waals surface area contributed by atoms with Gasteiger partial charge in [0.2, 0.25) is 0 Å². The molecule has 0 fully saturated rings. The van der Waals surface area contributed by atoms with Gasteiger partial charge in [-0.25, -0.2) is 0 Å². The van der Waals surface area contributed by atoms with Crippen LogP contribution in [0.4, 0.5) is 11.4 Å². The second-order valence-electron chi connectivity index (χ2n) is 3.53. The number of benzene rings is 2. The Morgan fingerprint density at radius 1 is 1.11 bits per heavy atom. The van der Waals surface area contributed by atoms with Gasteiger partial charge in [-0.2, -0.15) is 5.26 Å². The van der Waals surface area contributed by atoms with E-state index in [-0.39, 0.29) is 0 Å². The lowest BCUT2D eigenvalue weighted by Gasteiger charge is -2.11. The third-order valence-electron chi connectivity index (χ3n) is 2.32. The minimum atomic E-state index is 0.481. The second-order valence-corrected chi connectivity index (χ2v) is 5.16. The number of hydrogen-bond acceptors (Lipinski definition) is 2. The number of halogens is 3. The molecular formula is C13H7BrCl2N2. The molecule has 5 heteroatoms. The van der Waals surface area contributed by atoms with E-state index in [0.29, 0.717) is 21.3 Å². The van der Waals surface area contributed by atoms with E-state index in [9.17, 15) is 0 Å². The third kappa shape index (κ3) is 2.78. The molecule has 0 spiro atoms. The maximum Gasteiger partial charge on any atom is 0.101 e. The molecule has 2 nitrogen and oxygen atoms in total. The first-order chi connectivity index (χ1) is 8.61. The summed E-state index contributed by atoms with van der Waals surface area (Å²) in [7, 11) is 0. The largest absolute Gasteiger partial charge is 0.353 e. The highest BCUT2D eigenvalue weighted by Crippen LogP contribution is 2.33. The van der Waals surface area contributed by atoms with E-state index in [1.807, 2.05) is 12.1 Å². The molecule has 0 bridgehead atoms. The van der Waals surface area contributed by atoms with E-state index in [1.54, 1.807) is 24.3 Å². The Hall–Kier alpha value is -1.21. The molecule has 0 saturated carbocycles. The van der Waals surface area contributed by atoms with Gasteiger partial charge in [-0.15, -0.1) is 0 Å². The van der Waals surface area contributed by atoms with Gasteiger partial charge in [-0.05, 0) is 46.3 Å². The molecular weight excluding hydrogens is 335 g/mol. The molecule has 2 rings (SSSR count). The number of nitriles is 1. The van der Waals surface area contributed by atoms with E-state index in [1.165, 1.54) is 0 Å². The number of hydrogen-bond donors (Lipinski definition) is 1. The van der Waals surface area contributed by atoms with Crippen molar-refractivity contribution in [3.63, 3.8) is 0 Å². The van der Waals surface area contributed by atoms with Crippen molar-refractivity contribution in [1.82, 2.24) is 0 Å². The van der Waals surface area contributed by atoms with Crippen LogP contribution in [0.25, 0.3) is 0 Å². The Morgan fingerprint density at radius 2 is 1.89 bits per heavy atom. The molecule has 18 heavy (non-hydrogen) atoms. The zero-order chi connectivity index (χ0) is 13.1. The van der Waals surface area contributed by atoms with Crippen molar-refractivity contribution in [3.05, 3.63) is 56.5 Å².